The van der Waals surface area contributed by atoms with Gasteiger partial charge in [-0.3, -0.25) is 4.90 Å². The van der Waals surface area contributed by atoms with Crippen LogP contribution in [0.15, 0.2) is 22.7 Å². The first-order valence-corrected chi connectivity index (χ1v) is 6.51. The molecule has 6 heteroatoms. The molecule has 0 bridgehead atoms. The first-order valence-electron chi connectivity index (χ1n) is 6.13. The Bertz CT molecular complexity index is 585. The highest BCUT2D eigenvalue weighted by Gasteiger charge is 2.17. The van der Waals surface area contributed by atoms with Crippen molar-refractivity contribution in [1.82, 2.24) is 15.0 Å². The molecule has 0 fully saturated rings. The largest absolute Gasteiger partial charge is 0.492 e. The van der Waals surface area contributed by atoms with E-state index in [0.29, 0.717) is 24.9 Å². The van der Waals surface area contributed by atoms with Gasteiger partial charge >= 0.3 is 0 Å². The van der Waals surface area contributed by atoms with Crippen LogP contribution in [0, 0.1) is 6.92 Å². The van der Waals surface area contributed by atoms with Crippen LogP contribution >= 0.6 is 11.6 Å². The van der Waals surface area contributed by atoms with Crippen molar-refractivity contribution in [2.24, 2.45) is 0 Å². The summed E-state index contributed by atoms with van der Waals surface area (Å²) in [5.41, 5.74) is 1.09. The van der Waals surface area contributed by atoms with Crippen molar-refractivity contribution in [2.75, 3.05) is 13.2 Å². The number of ether oxygens (including phenoxy) is 1. The lowest BCUT2D eigenvalue weighted by Crippen LogP contribution is -2.25. The molecule has 0 spiro atoms. The molecule has 2 heterocycles. The standard InChI is InChI=1S/C13H14ClN3O2/c1-9-15-13(16-19-9)8-17-4-5-18-12-3-2-11(14)6-10(12)7-17/h2-3,6H,4-5,7-8H2,1H3. The van der Waals surface area contributed by atoms with Gasteiger partial charge in [-0.25, -0.2) is 0 Å². The Morgan fingerprint density at radius 1 is 1.42 bits per heavy atom. The topological polar surface area (TPSA) is 51.4 Å². The van der Waals surface area contributed by atoms with E-state index in [1.807, 2.05) is 18.2 Å². The summed E-state index contributed by atoms with van der Waals surface area (Å²) >= 11 is 6.03. The third-order valence-electron chi connectivity index (χ3n) is 3.02. The predicted molar refractivity (Wildman–Crippen MR) is 70.1 cm³/mol. The highest BCUT2D eigenvalue weighted by Crippen LogP contribution is 2.26. The minimum absolute atomic E-state index is 0.588. The molecule has 1 aromatic heterocycles. The molecular weight excluding hydrogens is 266 g/mol. The molecule has 19 heavy (non-hydrogen) atoms. The Morgan fingerprint density at radius 2 is 2.32 bits per heavy atom. The van der Waals surface area contributed by atoms with Gasteiger partial charge in [0, 0.05) is 30.6 Å². The number of aromatic nitrogens is 2. The molecule has 3 rings (SSSR count). The summed E-state index contributed by atoms with van der Waals surface area (Å²) in [6.07, 6.45) is 0. The van der Waals surface area contributed by atoms with Gasteiger partial charge in [0.25, 0.3) is 0 Å². The van der Waals surface area contributed by atoms with Crippen molar-refractivity contribution >= 4 is 11.6 Å². The van der Waals surface area contributed by atoms with Crippen molar-refractivity contribution in [3.8, 4) is 5.75 Å². The van der Waals surface area contributed by atoms with Crippen LogP contribution in [0.4, 0.5) is 0 Å². The van der Waals surface area contributed by atoms with Crippen LogP contribution in [0.1, 0.15) is 17.3 Å². The number of halogens is 1. The smallest absolute Gasteiger partial charge is 0.223 e. The average molecular weight is 280 g/mol. The van der Waals surface area contributed by atoms with Crippen molar-refractivity contribution in [3.05, 3.63) is 40.5 Å². The summed E-state index contributed by atoms with van der Waals surface area (Å²) in [7, 11) is 0. The lowest BCUT2D eigenvalue weighted by Gasteiger charge is -2.16. The van der Waals surface area contributed by atoms with Crippen molar-refractivity contribution in [2.45, 2.75) is 20.0 Å². The minimum Gasteiger partial charge on any atom is -0.492 e. The van der Waals surface area contributed by atoms with Crippen molar-refractivity contribution in [3.63, 3.8) is 0 Å². The zero-order chi connectivity index (χ0) is 13.2. The second kappa shape index (κ2) is 5.19. The third kappa shape index (κ3) is 2.88. The van der Waals surface area contributed by atoms with E-state index in [9.17, 15) is 0 Å². The van der Waals surface area contributed by atoms with Gasteiger partial charge in [-0.05, 0) is 18.2 Å². The first-order chi connectivity index (χ1) is 9.20. The highest BCUT2D eigenvalue weighted by atomic mass is 35.5. The number of nitrogens with zero attached hydrogens (tertiary/aromatic N) is 3. The van der Waals surface area contributed by atoms with E-state index in [1.54, 1.807) is 6.92 Å². The maximum atomic E-state index is 6.03. The molecule has 0 radical (unpaired) electrons. The Kier molecular flexibility index (Phi) is 3.40. The summed E-state index contributed by atoms with van der Waals surface area (Å²) in [5, 5.41) is 4.64. The molecular formula is C13H14ClN3O2. The number of rotatable bonds is 2. The van der Waals surface area contributed by atoms with E-state index in [4.69, 9.17) is 20.9 Å². The van der Waals surface area contributed by atoms with Gasteiger partial charge in [-0.1, -0.05) is 16.8 Å². The number of aryl methyl sites for hydroxylation is 1. The second-order valence-electron chi connectivity index (χ2n) is 4.54. The molecule has 0 saturated carbocycles. The highest BCUT2D eigenvalue weighted by molar-refractivity contribution is 6.30. The molecule has 0 aliphatic carbocycles. The molecule has 0 N–H and O–H groups in total. The molecule has 0 amide bonds. The van der Waals surface area contributed by atoms with Crippen molar-refractivity contribution in [1.29, 1.82) is 0 Å². The molecule has 2 aromatic rings. The molecule has 0 saturated heterocycles. The zero-order valence-electron chi connectivity index (χ0n) is 10.6. The van der Waals surface area contributed by atoms with Crippen LogP contribution < -0.4 is 4.74 Å². The normalized spacial score (nSPS) is 15.7. The van der Waals surface area contributed by atoms with Gasteiger partial charge in [0.05, 0.1) is 6.54 Å². The number of hydrogen-bond donors (Lipinski definition) is 0. The first kappa shape index (κ1) is 12.4. The number of hydrogen-bond acceptors (Lipinski definition) is 5. The van der Waals surface area contributed by atoms with Gasteiger partial charge in [-0.2, -0.15) is 4.98 Å². The molecule has 5 nitrogen and oxygen atoms in total. The average Bonchev–Trinajstić information content (AvgIpc) is 2.67. The van der Waals surface area contributed by atoms with Crippen LogP contribution in [-0.2, 0) is 13.1 Å². The summed E-state index contributed by atoms with van der Waals surface area (Å²) in [6, 6.07) is 5.70. The fourth-order valence-electron chi connectivity index (χ4n) is 2.16. The molecule has 1 aromatic carbocycles. The van der Waals surface area contributed by atoms with Gasteiger partial charge in [0.15, 0.2) is 5.82 Å². The quantitative estimate of drug-likeness (QED) is 0.845. The monoisotopic (exact) mass is 279 g/mol. The SMILES string of the molecule is Cc1nc(CN2CCOc3ccc(Cl)cc3C2)no1. The molecule has 1 aliphatic rings. The maximum absolute atomic E-state index is 6.03. The zero-order valence-corrected chi connectivity index (χ0v) is 11.4. The summed E-state index contributed by atoms with van der Waals surface area (Å²) in [5.74, 6) is 2.18. The number of benzene rings is 1. The van der Waals surface area contributed by atoms with Gasteiger partial charge in [0.1, 0.15) is 12.4 Å². The molecule has 1 aliphatic heterocycles. The maximum Gasteiger partial charge on any atom is 0.223 e. The van der Waals surface area contributed by atoms with Crippen LogP contribution in [-0.4, -0.2) is 28.2 Å². The molecule has 0 atom stereocenters. The van der Waals surface area contributed by atoms with E-state index < -0.39 is 0 Å². The van der Waals surface area contributed by atoms with Gasteiger partial charge < -0.3 is 9.26 Å². The Hall–Kier alpha value is -1.59. The van der Waals surface area contributed by atoms with Crippen LogP contribution in [0.2, 0.25) is 5.02 Å². The molecule has 100 valence electrons. The lowest BCUT2D eigenvalue weighted by molar-refractivity contribution is 0.213. The van der Waals surface area contributed by atoms with E-state index in [1.165, 1.54) is 0 Å². The molecule has 0 unspecified atom stereocenters. The van der Waals surface area contributed by atoms with E-state index in [0.717, 1.165) is 29.4 Å². The Labute approximate surface area is 116 Å². The van der Waals surface area contributed by atoms with E-state index in [-0.39, 0.29) is 0 Å². The van der Waals surface area contributed by atoms with E-state index >= 15 is 0 Å². The Morgan fingerprint density at radius 3 is 3.11 bits per heavy atom. The number of fused-ring (bicyclic) bond motifs is 1. The summed E-state index contributed by atoms with van der Waals surface area (Å²) in [6.45, 7) is 4.67. The fourth-order valence-corrected chi connectivity index (χ4v) is 2.35. The Balaban J connectivity index is 1.77. The summed E-state index contributed by atoms with van der Waals surface area (Å²) < 4.78 is 10.7. The van der Waals surface area contributed by atoms with Crippen LogP contribution in [0.3, 0.4) is 0 Å². The predicted octanol–water partition coefficient (Wildman–Crippen LogP) is 2.43. The van der Waals surface area contributed by atoms with Crippen LogP contribution in [0.25, 0.3) is 0 Å². The summed E-state index contributed by atoms with van der Waals surface area (Å²) in [4.78, 5) is 6.44. The second-order valence-corrected chi connectivity index (χ2v) is 4.98. The van der Waals surface area contributed by atoms with Crippen LogP contribution in [0.5, 0.6) is 5.75 Å². The third-order valence-corrected chi connectivity index (χ3v) is 3.25. The minimum atomic E-state index is 0.588. The lowest BCUT2D eigenvalue weighted by atomic mass is 10.2. The van der Waals surface area contributed by atoms with Crippen molar-refractivity contribution < 1.29 is 9.26 Å². The van der Waals surface area contributed by atoms with Gasteiger partial charge in [0.2, 0.25) is 5.89 Å². The van der Waals surface area contributed by atoms with Gasteiger partial charge in [-0.15, -0.1) is 0 Å². The van der Waals surface area contributed by atoms with E-state index in [2.05, 4.69) is 15.0 Å². The fraction of sp³-hybridized carbons (Fsp3) is 0.385.